The van der Waals surface area contributed by atoms with E-state index in [2.05, 4.69) is 22.3 Å². The second-order valence-electron chi connectivity index (χ2n) is 9.50. The third-order valence-electron chi connectivity index (χ3n) is 6.98. The average molecular weight is 537 g/mol. The molecule has 8 heteroatoms. The molecule has 6 rings (SSSR count). The monoisotopic (exact) mass is 536 g/mol. The van der Waals surface area contributed by atoms with E-state index in [1.807, 2.05) is 85.8 Å². The van der Waals surface area contributed by atoms with Crippen LogP contribution in [0.15, 0.2) is 106 Å². The number of allylic oxidation sites excluding steroid dienone is 1. The van der Waals surface area contributed by atoms with Gasteiger partial charge in [0.1, 0.15) is 0 Å². The van der Waals surface area contributed by atoms with Crippen LogP contribution in [0.4, 0.5) is 11.4 Å². The zero-order valence-electron chi connectivity index (χ0n) is 21.5. The Bertz CT molecular complexity index is 1700. The minimum atomic E-state index is -0.586. The molecule has 7 nitrogen and oxygen atoms in total. The summed E-state index contributed by atoms with van der Waals surface area (Å²) in [7, 11) is 0. The normalized spacial score (nSPS) is 17.5. The molecular formula is C31H28N4O3S. The first-order valence-corrected chi connectivity index (χ1v) is 13.8. The number of benzene rings is 3. The number of thiazole rings is 1. The molecule has 0 saturated carbocycles. The number of anilines is 2. The van der Waals surface area contributed by atoms with E-state index >= 15 is 0 Å². The fourth-order valence-corrected chi connectivity index (χ4v) is 6.08. The number of hydrogen-bond acceptors (Lipinski definition) is 6. The Morgan fingerprint density at radius 2 is 1.64 bits per heavy atom. The van der Waals surface area contributed by atoms with Crippen LogP contribution in [-0.2, 0) is 9.53 Å². The Morgan fingerprint density at radius 1 is 0.974 bits per heavy atom. The van der Waals surface area contributed by atoms with Crippen molar-refractivity contribution in [2.75, 3.05) is 36.5 Å². The Morgan fingerprint density at radius 3 is 2.33 bits per heavy atom. The van der Waals surface area contributed by atoms with Crippen molar-refractivity contribution in [2.24, 2.45) is 4.99 Å². The first-order valence-electron chi connectivity index (χ1n) is 12.9. The van der Waals surface area contributed by atoms with Crippen LogP contribution in [0.1, 0.15) is 24.1 Å². The molecule has 2 aliphatic rings. The Balaban J connectivity index is 1.40. The van der Waals surface area contributed by atoms with Crippen molar-refractivity contribution in [3.05, 3.63) is 127 Å². The third kappa shape index (κ3) is 5.08. The van der Waals surface area contributed by atoms with Gasteiger partial charge in [-0.05, 0) is 48.4 Å². The van der Waals surface area contributed by atoms with E-state index < -0.39 is 6.04 Å². The fraction of sp³-hybridized carbons (Fsp3) is 0.194. The van der Waals surface area contributed by atoms with E-state index in [0.29, 0.717) is 26.3 Å². The molecule has 3 aromatic carbocycles. The summed E-state index contributed by atoms with van der Waals surface area (Å²) in [6.45, 7) is 5.04. The van der Waals surface area contributed by atoms with Gasteiger partial charge in [-0.15, -0.1) is 0 Å². The van der Waals surface area contributed by atoms with Crippen LogP contribution >= 0.6 is 11.3 Å². The van der Waals surface area contributed by atoms with Crippen molar-refractivity contribution >= 4 is 34.7 Å². The molecule has 1 aromatic heterocycles. The Kier molecular flexibility index (Phi) is 6.96. The second kappa shape index (κ2) is 10.8. The number of carbonyl (C=O) groups excluding carboxylic acids is 1. The quantitative estimate of drug-likeness (QED) is 0.422. The van der Waals surface area contributed by atoms with E-state index in [9.17, 15) is 9.59 Å². The van der Waals surface area contributed by atoms with Gasteiger partial charge in [-0.3, -0.25) is 14.2 Å². The van der Waals surface area contributed by atoms with Gasteiger partial charge >= 0.3 is 0 Å². The molecule has 1 amide bonds. The number of ether oxygens (including phenoxy) is 1. The summed E-state index contributed by atoms with van der Waals surface area (Å²) in [5, 5.41) is 2.98. The molecule has 39 heavy (non-hydrogen) atoms. The molecule has 0 bridgehead atoms. The average Bonchev–Trinajstić information content (AvgIpc) is 3.28. The summed E-state index contributed by atoms with van der Waals surface area (Å²) in [4.78, 5) is 35.0. The van der Waals surface area contributed by atoms with Crippen LogP contribution in [0, 0.1) is 0 Å². The second-order valence-corrected chi connectivity index (χ2v) is 10.5. The maximum absolute atomic E-state index is 13.9. The summed E-state index contributed by atoms with van der Waals surface area (Å²) in [6, 6.07) is 26.6. The maximum Gasteiger partial charge on any atom is 0.271 e. The van der Waals surface area contributed by atoms with Crippen molar-refractivity contribution in [2.45, 2.75) is 13.0 Å². The number of rotatable bonds is 5. The molecule has 0 radical (unpaired) electrons. The standard InChI is InChI=1S/C31H28N4O3S/c1-21-27(29(36)33-24-10-6-3-7-11-24)28(23-8-4-2-5-9-23)35-30(37)26(39-31(35)32-21)20-22-12-14-25(15-13-22)34-16-18-38-19-17-34/h2-15,20,28H,16-19H2,1H3,(H,33,36)/b26-20+/t28-/m1/s1. The molecular weight excluding hydrogens is 508 g/mol. The van der Waals surface area contributed by atoms with E-state index in [0.717, 1.165) is 43.1 Å². The number of amides is 1. The van der Waals surface area contributed by atoms with Gasteiger partial charge in [0.15, 0.2) is 4.80 Å². The van der Waals surface area contributed by atoms with Crippen LogP contribution in [0.5, 0.6) is 0 Å². The molecule has 1 atom stereocenters. The highest BCUT2D eigenvalue weighted by Gasteiger charge is 2.32. The number of fused-ring (bicyclic) bond motifs is 1. The summed E-state index contributed by atoms with van der Waals surface area (Å²) in [5.41, 5.74) is 4.51. The lowest BCUT2D eigenvalue weighted by Crippen LogP contribution is -2.40. The minimum Gasteiger partial charge on any atom is -0.378 e. The van der Waals surface area contributed by atoms with Gasteiger partial charge in [-0.25, -0.2) is 4.99 Å². The van der Waals surface area contributed by atoms with Crippen LogP contribution < -0.4 is 25.1 Å². The smallest absolute Gasteiger partial charge is 0.271 e. The summed E-state index contributed by atoms with van der Waals surface area (Å²) in [5.74, 6) is -0.274. The molecule has 196 valence electrons. The number of morpholine rings is 1. The molecule has 2 aliphatic heterocycles. The van der Waals surface area contributed by atoms with E-state index in [-0.39, 0.29) is 11.5 Å². The molecule has 1 saturated heterocycles. The summed E-state index contributed by atoms with van der Waals surface area (Å²) < 4.78 is 7.69. The van der Waals surface area contributed by atoms with Gasteiger partial charge in [-0.1, -0.05) is 72.0 Å². The SMILES string of the molecule is CC1=C(C(=O)Nc2ccccc2)[C@@H](c2ccccc2)n2c(s/c(=C/c3ccc(N4CCOCC4)cc3)c2=O)=N1. The molecule has 3 heterocycles. The van der Waals surface area contributed by atoms with Crippen molar-refractivity contribution in [1.29, 1.82) is 0 Å². The Hall–Kier alpha value is -4.27. The first kappa shape index (κ1) is 25.0. The van der Waals surface area contributed by atoms with Crippen molar-refractivity contribution < 1.29 is 9.53 Å². The van der Waals surface area contributed by atoms with Crippen LogP contribution in [0.2, 0.25) is 0 Å². The topological polar surface area (TPSA) is 75.9 Å². The lowest BCUT2D eigenvalue weighted by molar-refractivity contribution is -0.113. The highest BCUT2D eigenvalue weighted by molar-refractivity contribution is 7.07. The zero-order chi connectivity index (χ0) is 26.8. The molecule has 4 aromatic rings. The molecule has 1 N–H and O–H groups in total. The van der Waals surface area contributed by atoms with E-state index in [4.69, 9.17) is 9.73 Å². The highest BCUT2D eigenvalue weighted by Crippen LogP contribution is 2.30. The van der Waals surface area contributed by atoms with E-state index in [1.54, 1.807) is 4.57 Å². The number of hydrogen-bond donors (Lipinski definition) is 1. The van der Waals surface area contributed by atoms with Crippen molar-refractivity contribution in [3.8, 4) is 0 Å². The first-order chi connectivity index (χ1) is 19.1. The van der Waals surface area contributed by atoms with Gasteiger partial charge in [-0.2, -0.15) is 0 Å². The number of para-hydroxylation sites is 1. The lowest BCUT2D eigenvalue weighted by atomic mass is 9.95. The van der Waals surface area contributed by atoms with Gasteiger partial charge in [0.25, 0.3) is 11.5 Å². The lowest BCUT2D eigenvalue weighted by Gasteiger charge is -2.28. The van der Waals surface area contributed by atoms with Crippen molar-refractivity contribution in [3.63, 3.8) is 0 Å². The number of aromatic nitrogens is 1. The van der Waals surface area contributed by atoms with Crippen LogP contribution in [0.25, 0.3) is 6.08 Å². The summed E-state index contributed by atoms with van der Waals surface area (Å²) in [6.07, 6.45) is 1.90. The predicted octanol–water partition coefficient (Wildman–Crippen LogP) is 3.71. The van der Waals surface area contributed by atoms with Crippen molar-refractivity contribution in [1.82, 2.24) is 4.57 Å². The van der Waals surface area contributed by atoms with Gasteiger partial charge in [0.2, 0.25) is 0 Å². The van der Waals surface area contributed by atoms with Gasteiger partial charge in [0.05, 0.1) is 35.1 Å². The number of nitrogens with zero attached hydrogens (tertiary/aromatic N) is 3. The van der Waals surface area contributed by atoms with Gasteiger partial charge < -0.3 is 15.0 Å². The maximum atomic E-state index is 13.9. The number of nitrogens with one attached hydrogen (secondary N) is 1. The number of carbonyl (C=O) groups is 1. The summed E-state index contributed by atoms with van der Waals surface area (Å²) >= 11 is 1.34. The fourth-order valence-electron chi connectivity index (χ4n) is 5.04. The largest absolute Gasteiger partial charge is 0.378 e. The zero-order valence-corrected chi connectivity index (χ0v) is 22.4. The molecule has 1 fully saturated rings. The Labute approximate surface area is 230 Å². The highest BCUT2D eigenvalue weighted by atomic mass is 32.1. The third-order valence-corrected chi connectivity index (χ3v) is 7.96. The van der Waals surface area contributed by atoms with E-state index in [1.165, 1.54) is 11.3 Å². The molecule has 0 unspecified atom stereocenters. The minimum absolute atomic E-state index is 0.164. The molecule has 0 spiro atoms. The van der Waals surface area contributed by atoms with Crippen LogP contribution in [-0.4, -0.2) is 36.8 Å². The van der Waals surface area contributed by atoms with Gasteiger partial charge in [0, 0.05) is 24.5 Å². The predicted molar refractivity (Wildman–Crippen MR) is 155 cm³/mol. The van der Waals surface area contributed by atoms with Crippen LogP contribution in [0.3, 0.4) is 0 Å². The molecule has 0 aliphatic carbocycles.